The Bertz CT molecular complexity index is 892. The summed E-state index contributed by atoms with van der Waals surface area (Å²) in [6.07, 6.45) is 3.49. The summed E-state index contributed by atoms with van der Waals surface area (Å²) in [6, 6.07) is 7.04. The molecule has 0 N–H and O–H groups in total. The van der Waals surface area contributed by atoms with E-state index >= 15 is 0 Å². The number of carbonyl (C=O) groups is 1. The fourth-order valence-corrected chi connectivity index (χ4v) is 4.28. The number of piperazine rings is 1. The maximum atomic E-state index is 12.8. The Labute approximate surface area is 180 Å². The molecule has 1 fully saturated rings. The summed E-state index contributed by atoms with van der Waals surface area (Å²) in [7, 11) is 0. The zero-order chi connectivity index (χ0) is 22.1. The summed E-state index contributed by atoms with van der Waals surface area (Å²) < 4.78 is 5.70. The number of benzene rings is 1. The van der Waals surface area contributed by atoms with Crippen LogP contribution in [0.5, 0.6) is 0 Å². The monoisotopic (exact) mass is 412 g/mol. The Hall–Kier alpha value is -2.21. The van der Waals surface area contributed by atoms with Crippen molar-refractivity contribution in [2.24, 2.45) is 0 Å². The first kappa shape index (κ1) is 22.5. The van der Waals surface area contributed by atoms with Crippen LogP contribution in [0.25, 0.3) is 11.0 Å². The highest BCUT2D eigenvalue weighted by Gasteiger charge is 2.38. The van der Waals surface area contributed by atoms with Crippen LogP contribution in [0.2, 0.25) is 0 Å². The third-order valence-electron chi connectivity index (χ3n) is 5.98. The summed E-state index contributed by atoms with van der Waals surface area (Å²) in [6.45, 7) is 15.9. The smallest absolute Gasteiger partial charge is 0.410 e. The van der Waals surface area contributed by atoms with Gasteiger partial charge in [-0.1, -0.05) is 19.9 Å². The minimum Gasteiger partial charge on any atom is -0.444 e. The largest absolute Gasteiger partial charge is 0.444 e. The first-order chi connectivity index (χ1) is 14.1. The fraction of sp³-hybridized carbons (Fsp3) is 0.625. The Morgan fingerprint density at radius 3 is 2.50 bits per heavy atom. The molecule has 2 aromatic rings. The van der Waals surface area contributed by atoms with Gasteiger partial charge in [-0.15, -0.1) is 0 Å². The molecule has 1 unspecified atom stereocenters. The SMILES string of the molecule is CC[C@H]1CN(C(C)c2ccc3ncc(C)nc3c2)[C@H](CC)CN1C(=O)OC(C)(C)C. The molecule has 3 rings (SSSR count). The first-order valence-corrected chi connectivity index (χ1v) is 11.1. The number of rotatable bonds is 4. The molecule has 30 heavy (non-hydrogen) atoms. The van der Waals surface area contributed by atoms with Gasteiger partial charge in [-0.05, 0) is 65.2 Å². The van der Waals surface area contributed by atoms with Crippen molar-refractivity contribution in [1.82, 2.24) is 19.8 Å². The van der Waals surface area contributed by atoms with Crippen LogP contribution in [0.3, 0.4) is 0 Å². The van der Waals surface area contributed by atoms with E-state index in [0.717, 1.165) is 36.1 Å². The molecule has 0 radical (unpaired) electrons. The van der Waals surface area contributed by atoms with Crippen LogP contribution < -0.4 is 0 Å². The van der Waals surface area contributed by atoms with E-state index in [1.54, 1.807) is 6.20 Å². The van der Waals surface area contributed by atoms with Crippen LogP contribution in [0.1, 0.15) is 71.7 Å². The third-order valence-corrected chi connectivity index (χ3v) is 5.98. The Morgan fingerprint density at radius 2 is 1.87 bits per heavy atom. The van der Waals surface area contributed by atoms with Gasteiger partial charge in [0.2, 0.25) is 0 Å². The lowest BCUT2D eigenvalue weighted by Gasteiger charge is -2.48. The highest BCUT2D eigenvalue weighted by atomic mass is 16.6. The molecule has 164 valence electrons. The van der Waals surface area contributed by atoms with Crippen molar-refractivity contribution in [2.45, 2.75) is 85.0 Å². The van der Waals surface area contributed by atoms with Gasteiger partial charge in [-0.25, -0.2) is 9.78 Å². The molecule has 1 amide bonds. The van der Waals surface area contributed by atoms with Gasteiger partial charge in [0.25, 0.3) is 0 Å². The number of amides is 1. The zero-order valence-corrected chi connectivity index (χ0v) is 19.5. The number of hydrogen-bond donors (Lipinski definition) is 0. The molecule has 1 aromatic carbocycles. The summed E-state index contributed by atoms with van der Waals surface area (Å²) in [5.74, 6) is 0. The van der Waals surface area contributed by atoms with Crippen molar-refractivity contribution >= 4 is 17.1 Å². The molecule has 0 bridgehead atoms. The van der Waals surface area contributed by atoms with Gasteiger partial charge < -0.3 is 9.64 Å². The molecule has 1 saturated heterocycles. The Morgan fingerprint density at radius 1 is 1.17 bits per heavy atom. The predicted octanol–water partition coefficient (Wildman–Crippen LogP) is 5.11. The second-order valence-corrected chi connectivity index (χ2v) is 9.39. The molecule has 0 aliphatic carbocycles. The summed E-state index contributed by atoms with van der Waals surface area (Å²) in [4.78, 5) is 26.5. The second-order valence-electron chi connectivity index (χ2n) is 9.39. The van der Waals surface area contributed by atoms with Crippen LogP contribution in [0.15, 0.2) is 24.4 Å². The Balaban J connectivity index is 1.84. The van der Waals surface area contributed by atoms with Gasteiger partial charge >= 0.3 is 6.09 Å². The molecule has 1 aliphatic rings. The molecule has 6 nitrogen and oxygen atoms in total. The highest BCUT2D eigenvalue weighted by molar-refractivity contribution is 5.75. The minimum absolute atomic E-state index is 0.146. The number of ether oxygens (including phenoxy) is 1. The second kappa shape index (κ2) is 8.88. The normalized spacial score (nSPS) is 21.6. The van der Waals surface area contributed by atoms with E-state index in [0.29, 0.717) is 6.54 Å². The molecule has 1 aliphatic heterocycles. The molecule has 6 heteroatoms. The van der Waals surface area contributed by atoms with Crippen LogP contribution >= 0.6 is 0 Å². The lowest BCUT2D eigenvalue weighted by molar-refractivity contribution is -0.0268. The minimum atomic E-state index is -0.480. The van der Waals surface area contributed by atoms with Crippen LogP contribution in [0.4, 0.5) is 4.79 Å². The molecule has 0 spiro atoms. The number of aromatic nitrogens is 2. The van der Waals surface area contributed by atoms with E-state index in [1.165, 1.54) is 5.56 Å². The van der Waals surface area contributed by atoms with E-state index in [1.807, 2.05) is 32.6 Å². The lowest BCUT2D eigenvalue weighted by atomic mass is 9.97. The van der Waals surface area contributed by atoms with E-state index in [-0.39, 0.29) is 24.2 Å². The van der Waals surface area contributed by atoms with Crippen molar-refractivity contribution < 1.29 is 9.53 Å². The number of hydrogen-bond acceptors (Lipinski definition) is 5. The quantitative estimate of drug-likeness (QED) is 0.698. The number of carbonyl (C=O) groups excluding carboxylic acids is 1. The van der Waals surface area contributed by atoms with Gasteiger partial charge in [-0.3, -0.25) is 9.88 Å². The van der Waals surface area contributed by atoms with Crippen molar-refractivity contribution in [3.63, 3.8) is 0 Å². The van der Waals surface area contributed by atoms with Gasteiger partial charge in [0.05, 0.1) is 16.7 Å². The van der Waals surface area contributed by atoms with Crippen LogP contribution in [0, 0.1) is 6.92 Å². The standard InChI is InChI=1S/C24H36N4O2/c1-8-19-15-28(23(29)30-24(5,6)7)20(9-2)14-27(19)17(4)18-10-11-21-22(12-18)26-16(3)13-25-21/h10-13,17,19-20H,8-9,14-15H2,1-7H3/t17?,19-,20+/m1/s1. The van der Waals surface area contributed by atoms with Crippen LogP contribution in [-0.4, -0.2) is 56.6 Å². The average molecular weight is 413 g/mol. The van der Waals surface area contributed by atoms with E-state index < -0.39 is 5.60 Å². The topological polar surface area (TPSA) is 58.6 Å². The lowest BCUT2D eigenvalue weighted by Crippen LogP contribution is -2.60. The molecular formula is C24H36N4O2. The van der Waals surface area contributed by atoms with Gasteiger partial charge in [0.15, 0.2) is 0 Å². The molecule has 3 atom stereocenters. The van der Waals surface area contributed by atoms with Gasteiger partial charge in [0.1, 0.15) is 5.60 Å². The maximum absolute atomic E-state index is 12.8. The number of aryl methyl sites for hydroxylation is 1. The van der Waals surface area contributed by atoms with Crippen molar-refractivity contribution in [3.05, 3.63) is 35.7 Å². The van der Waals surface area contributed by atoms with Gasteiger partial charge in [0, 0.05) is 37.4 Å². The van der Waals surface area contributed by atoms with E-state index in [2.05, 4.69) is 53.8 Å². The third kappa shape index (κ3) is 4.91. The molecule has 1 aromatic heterocycles. The number of nitrogens with zero attached hydrogens (tertiary/aromatic N) is 4. The predicted molar refractivity (Wildman–Crippen MR) is 120 cm³/mol. The average Bonchev–Trinajstić information content (AvgIpc) is 2.70. The molecule has 2 heterocycles. The summed E-state index contributed by atoms with van der Waals surface area (Å²) in [5, 5.41) is 0. The highest BCUT2D eigenvalue weighted by Crippen LogP contribution is 2.31. The summed E-state index contributed by atoms with van der Waals surface area (Å²) in [5.41, 5.74) is 3.54. The maximum Gasteiger partial charge on any atom is 0.410 e. The van der Waals surface area contributed by atoms with Crippen LogP contribution in [-0.2, 0) is 4.74 Å². The summed E-state index contributed by atoms with van der Waals surface area (Å²) >= 11 is 0. The van der Waals surface area contributed by atoms with Crippen molar-refractivity contribution in [2.75, 3.05) is 13.1 Å². The van der Waals surface area contributed by atoms with Crippen molar-refractivity contribution in [1.29, 1.82) is 0 Å². The number of fused-ring (bicyclic) bond motifs is 1. The Kier molecular flexibility index (Phi) is 6.65. The fourth-order valence-electron chi connectivity index (χ4n) is 4.28. The molecular weight excluding hydrogens is 376 g/mol. The molecule has 0 saturated carbocycles. The van der Waals surface area contributed by atoms with E-state index in [9.17, 15) is 4.79 Å². The van der Waals surface area contributed by atoms with Gasteiger partial charge in [-0.2, -0.15) is 0 Å². The zero-order valence-electron chi connectivity index (χ0n) is 19.5. The van der Waals surface area contributed by atoms with Crippen molar-refractivity contribution in [3.8, 4) is 0 Å². The van der Waals surface area contributed by atoms with E-state index in [4.69, 9.17) is 4.74 Å². The first-order valence-electron chi connectivity index (χ1n) is 11.1.